The number of fused-ring (bicyclic) bond motifs is 4. The lowest BCUT2D eigenvalue weighted by molar-refractivity contribution is -0.271. The molecule has 9 nitrogen and oxygen atoms in total. The minimum Gasteiger partial charge on any atom is -0.472 e. The zero-order valence-electron chi connectivity index (χ0n) is 25.0. The van der Waals surface area contributed by atoms with Crippen molar-refractivity contribution in [3.05, 3.63) is 35.8 Å². The van der Waals surface area contributed by atoms with Crippen molar-refractivity contribution in [3.63, 3.8) is 0 Å². The third kappa shape index (κ3) is 3.63. The van der Waals surface area contributed by atoms with Crippen molar-refractivity contribution >= 4 is 17.9 Å². The van der Waals surface area contributed by atoms with Crippen LogP contribution in [0.25, 0.3) is 0 Å². The fourth-order valence-electron chi connectivity index (χ4n) is 10.5. The fourth-order valence-corrected chi connectivity index (χ4v) is 10.5. The highest BCUT2D eigenvalue weighted by Crippen LogP contribution is 2.75. The van der Waals surface area contributed by atoms with Crippen molar-refractivity contribution in [1.82, 2.24) is 0 Å². The fraction of sp³-hybridized carbons (Fsp3) is 0.719. The van der Waals surface area contributed by atoms with Crippen LogP contribution in [0.4, 0.5) is 0 Å². The van der Waals surface area contributed by atoms with E-state index in [1.807, 2.05) is 6.07 Å². The minimum absolute atomic E-state index is 0.00478. The molecule has 4 aliphatic carbocycles. The molecule has 224 valence electrons. The maximum absolute atomic E-state index is 12.6. The molecule has 4 fully saturated rings. The lowest BCUT2D eigenvalue weighted by Crippen LogP contribution is -2.74. The smallest absolute Gasteiger partial charge is 0.302 e. The van der Waals surface area contributed by atoms with E-state index in [-0.39, 0.29) is 23.7 Å². The number of furan rings is 1. The van der Waals surface area contributed by atoms with E-state index in [0.29, 0.717) is 25.9 Å². The zero-order chi connectivity index (χ0) is 29.7. The summed E-state index contributed by atoms with van der Waals surface area (Å²) in [6, 6.07) is 1.96. The van der Waals surface area contributed by atoms with E-state index >= 15 is 0 Å². The third-order valence-corrected chi connectivity index (χ3v) is 12.0. The second-order valence-corrected chi connectivity index (χ2v) is 13.9. The summed E-state index contributed by atoms with van der Waals surface area (Å²) in [7, 11) is 0. The van der Waals surface area contributed by atoms with Crippen LogP contribution in [0.1, 0.15) is 79.2 Å². The van der Waals surface area contributed by atoms with E-state index in [1.165, 1.54) is 20.8 Å². The Labute approximate surface area is 240 Å². The highest BCUT2D eigenvalue weighted by atomic mass is 16.6. The Bertz CT molecular complexity index is 1290. The second-order valence-electron chi connectivity index (χ2n) is 13.9. The number of hydrogen-bond donors (Lipinski definition) is 1. The number of allylic oxidation sites excluding steroid dienone is 1. The summed E-state index contributed by atoms with van der Waals surface area (Å²) in [5.74, 6) is -1.70. The van der Waals surface area contributed by atoms with Gasteiger partial charge in [-0.15, -0.1) is 0 Å². The summed E-state index contributed by atoms with van der Waals surface area (Å²) in [4.78, 5) is 37.3. The minimum atomic E-state index is -0.881. The molecule has 0 spiro atoms. The Kier molecular flexibility index (Phi) is 6.37. The van der Waals surface area contributed by atoms with E-state index in [9.17, 15) is 19.5 Å². The van der Waals surface area contributed by atoms with Crippen LogP contribution in [0, 0.1) is 33.5 Å². The molecule has 1 N–H and O–H groups in total. The molecule has 0 radical (unpaired) electrons. The number of esters is 3. The first kappa shape index (κ1) is 28.5. The molecule has 3 saturated carbocycles. The molecule has 1 aliphatic heterocycles. The number of carbonyl (C=O) groups excluding carboxylic acids is 3. The lowest BCUT2D eigenvalue weighted by Gasteiger charge is -2.70. The molecule has 0 amide bonds. The number of ether oxygens (including phenoxy) is 4. The molecule has 6 rings (SSSR count). The van der Waals surface area contributed by atoms with Gasteiger partial charge in [0.25, 0.3) is 0 Å². The predicted molar refractivity (Wildman–Crippen MR) is 145 cm³/mol. The number of aliphatic hydroxyl groups excluding tert-OH is 1. The molecule has 9 heteroatoms. The normalized spacial score (nSPS) is 47.9. The van der Waals surface area contributed by atoms with E-state index in [1.54, 1.807) is 12.5 Å². The molecule has 0 aromatic carbocycles. The number of hydrogen-bond acceptors (Lipinski definition) is 9. The van der Waals surface area contributed by atoms with Gasteiger partial charge >= 0.3 is 17.9 Å². The monoisotopic (exact) mass is 570 g/mol. The first-order valence-corrected chi connectivity index (χ1v) is 14.7. The first-order chi connectivity index (χ1) is 19.2. The van der Waals surface area contributed by atoms with Gasteiger partial charge in [-0.2, -0.15) is 0 Å². The highest BCUT2D eigenvalue weighted by molar-refractivity contribution is 5.67. The van der Waals surface area contributed by atoms with Gasteiger partial charge in [-0.05, 0) is 30.4 Å². The van der Waals surface area contributed by atoms with Crippen molar-refractivity contribution in [2.24, 2.45) is 33.5 Å². The van der Waals surface area contributed by atoms with Crippen molar-refractivity contribution in [2.75, 3.05) is 6.61 Å². The van der Waals surface area contributed by atoms with Crippen LogP contribution in [-0.4, -0.2) is 60.1 Å². The maximum atomic E-state index is 12.6. The Hall–Kier alpha value is -2.65. The predicted octanol–water partition coefficient (Wildman–Crippen LogP) is 4.33. The van der Waals surface area contributed by atoms with Crippen LogP contribution in [0.3, 0.4) is 0 Å². The SMILES string of the molecule is CC(=O)OC1CC(OC(C)=O)C2(C)C3C(OCC13C)C(O)C1(C)C3=CCC(c4ccoc4)C3(C)C(OC(C)=O)CC12. The van der Waals surface area contributed by atoms with Gasteiger partial charge < -0.3 is 28.5 Å². The second kappa shape index (κ2) is 9.17. The summed E-state index contributed by atoms with van der Waals surface area (Å²) in [5.41, 5.74) is -0.578. The third-order valence-electron chi connectivity index (χ3n) is 12.0. The first-order valence-electron chi connectivity index (χ1n) is 14.7. The maximum Gasteiger partial charge on any atom is 0.302 e. The highest BCUT2D eigenvalue weighted by Gasteiger charge is 2.78. The van der Waals surface area contributed by atoms with Crippen LogP contribution in [0.15, 0.2) is 34.7 Å². The van der Waals surface area contributed by atoms with Crippen molar-refractivity contribution in [3.8, 4) is 0 Å². The summed E-state index contributed by atoms with van der Waals surface area (Å²) in [6.45, 7) is 13.0. The number of carbonyl (C=O) groups is 3. The summed E-state index contributed by atoms with van der Waals surface area (Å²) in [5, 5.41) is 12.4. The largest absolute Gasteiger partial charge is 0.472 e. The van der Waals surface area contributed by atoms with Gasteiger partial charge in [0.1, 0.15) is 18.3 Å². The molecule has 2 heterocycles. The molecule has 41 heavy (non-hydrogen) atoms. The molecule has 1 saturated heterocycles. The average Bonchev–Trinajstić information content (AvgIpc) is 3.60. The van der Waals surface area contributed by atoms with Crippen LogP contribution in [-0.2, 0) is 33.3 Å². The van der Waals surface area contributed by atoms with Gasteiger partial charge in [0, 0.05) is 60.7 Å². The Morgan fingerprint density at radius 2 is 1.54 bits per heavy atom. The molecule has 12 unspecified atom stereocenters. The zero-order valence-corrected chi connectivity index (χ0v) is 25.0. The van der Waals surface area contributed by atoms with E-state index < -0.39 is 64.1 Å². The standard InChI is InChI=1S/C32H42O9/c1-16(33)39-23-13-25(41-18(3)35)32(7)22-12-24(40-17(2)34)30(5)20(19-10-11-37-14-19)8-9-21(30)31(22,6)28(36)26-27(32)29(23,4)15-38-26/h9-11,14,20,22-28,36H,8,12-13,15H2,1-7H3. The molecular formula is C32H42O9. The van der Waals surface area contributed by atoms with Crippen LogP contribution in [0.2, 0.25) is 0 Å². The summed E-state index contributed by atoms with van der Waals surface area (Å²) in [6.07, 6.45) is 4.06. The Morgan fingerprint density at radius 3 is 2.15 bits per heavy atom. The quantitative estimate of drug-likeness (QED) is 0.320. The Morgan fingerprint density at radius 1 is 0.902 bits per heavy atom. The van der Waals surface area contributed by atoms with Gasteiger partial charge in [0.2, 0.25) is 0 Å². The van der Waals surface area contributed by atoms with E-state index in [2.05, 4.69) is 33.8 Å². The summed E-state index contributed by atoms with van der Waals surface area (Å²) < 4.78 is 30.1. The lowest BCUT2D eigenvalue weighted by atomic mass is 9.36. The molecule has 5 aliphatic rings. The molecule has 12 atom stereocenters. The van der Waals surface area contributed by atoms with Crippen LogP contribution in [0.5, 0.6) is 0 Å². The number of rotatable bonds is 4. The van der Waals surface area contributed by atoms with E-state index in [0.717, 1.165) is 11.1 Å². The van der Waals surface area contributed by atoms with Crippen molar-refractivity contribution in [1.29, 1.82) is 0 Å². The van der Waals surface area contributed by atoms with Crippen LogP contribution < -0.4 is 0 Å². The molecule has 1 aromatic rings. The average molecular weight is 571 g/mol. The molecule has 1 aromatic heterocycles. The van der Waals surface area contributed by atoms with Gasteiger partial charge in [-0.1, -0.05) is 39.3 Å². The van der Waals surface area contributed by atoms with Crippen molar-refractivity contribution in [2.45, 2.75) is 104 Å². The van der Waals surface area contributed by atoms with Crippen molar-refractivity contribution < 1.29 is 42.9 Å². The Balaban J connectivity index is 1.54. The van der Waals surface area contributed by atoms with Gasteiger partial charge in [0.15, 0.2) is 0 Å². The van der Waals surface area contributed by atoms with Crippen LogP contribution >= 0.6 is 0 Å². The molecule has 0 bridgehead atoms. The van der Waals surface area contributed by atoms with Gasteiger partial charge in [-0.25, -0.2) is 0 Å². The van der Waals surface area contributed by atoms with E-state index in [4.69, 9.17) is 23.4 Å². The van der Waals surface area contributed by atoms with Gasteiger partial charge in [0.05, 0.1) is 31.3 Å². The van der Waals surface area contributed by atoms with Gasteiger partial charge in [-0.3, -0.25) is 14.4 Å². The molecular weight excluding hydrogens is 528 g/mol. The number of aliphatic hydroxyl groups is 1. The summed E-state index contributed by atoms with van der Waals surface area (Å²) >= 11 is 0. The topological polar surface area (TPSA) is 122 Å².